The summed E-state index contributed by atoms with van der Waals surface area (Å²) in [6.07, 6.45) is -0.239. The fourth-order valence-corrected chi connectivity index (χ4v) is 2.57. The van der Waals surface area contributed by atoms with E-state index >= 15 is 0 Å². The van der Waals surface area contributed by atoms with E-state index in [0.29, 0.717) is 13.2 Å². The van der Waals surface area contributed by atoms with Gasteiger partial charge in [-0.3, -0.25) is 0 Å². The van der Waals surface area contributed by atoms with Crippen LogP contribution in [0.4, 0.5) is 0 Å². The van der Waals surface area contributed by atoms with Crippen LogP contribution in [0.3, 0.4) is 0 Å². The van der Waals surface area contributed by atoms with Gasteiger partial charge in [-0.05, 0) is 16.7 Å². The van der Waals surface area contributed by atoms with Gasteiger partial charge >= 0.3 is 0 Å². The van der Waals surface area contributed by atoms with Crippen LogP contribution in [0.2, 0.25) is 0 Å². The van der Waals surface area contributed by atoms with Crippen LogP contribution in [-0.4, -0.2) is 24.6 Å². The molecule has 0 aromatic heterocycles. The lowest BCUT2D eigenvalue weighted by molar-refractivity contribution is -0.0524. The van der Waals surface area contributed by atoms with E-state index in [9.17, 15) is 0 Å². The predicted octanol–water partition coefficient (Wildman–Crippen LogP) is 2.68. The van der Waals surface area contributed by atoms with Crippen LogP contribution in [0, 0.1) is 0 Å². The number of rotatable bonds is 4. The summed E-state index contributed by atoms with van der Waals surface area (Å²) >= 11 is 0. The molecular formula is C17H18O3. The highest BCUT2D eigenvalue weighted by atomic mass is 16.7. The standard InChI is InChI=1S/C17H18O3/c18-12-13-6-8-15(9-7-13)16(17-19-10-11-20-17)14-4-2-1-3-5-14/h1-9,16-18H,10-12H2. The molecule has 0 aliphatic carbocycles. The molecule has 1 fully saturated rings. The van der Waals surface area contributed by atoms with Crippen LogP contribution in [0.25, 0.3) is 0 Å². The Morgan fingerprint density at radius 2 is 1.50 bits per heavy atom. The predicted molar refractivity (Wildman–Crippen MR) is 76.3 cm³/mol. The largest absolute Gasteiger partial charge is 0.392 e. The van der Waals surface area contributed by atoms with Gasteiger partial charge in [-0.15, -0.1) is 0 Å². The molecular weight excluding hydrogens is 252 g/mol. The third-order valence-electron chi connectivity index (χ3n) is 3.60. The molecule has 0 saturated carbocycles. The van der Waals surface area contributed by atoms with Crippen molar-refractivity contribution in [1.29, 1.82) is 0 Å². The van der Waals surface area contributed by atoms with Crippen molar-refractivity contribution in [3.8, 4) is 0 Å². The second-order valence-electron chi connectivity index (χ2n) is 4.90. The zero-order valence-electron chi connectivity index (χ0n) is 11.2. The van der Waals surface area contributed by atoms with Crippen LogP contribution in [0.5, 0.6) is 0 Å². The van der Waals surface area contributed by atoms with Gasteiger partial charge in [0.2, 0.25) is 0 Å². The minimum Gasteiger partial charge on any atom is -0.392 e. The molecule has 104 valence electrons. The molecule has 3 nitrogen and oxygen atoms in total. The normalized spacial score (nSPS) is 17.2. The smallest absolute Gasteiger partial charge is 0.168 e. The van der Waals surface area contributed by atoms with E-state index in [1.165, 1.54) is 5.56 Å². The molecule has 3 rings (SSSR count). The van der Waals surface area contributed by atoms with Gasteiger partial charge in [0, 0.05) is 0 Å². The first-order valence-corrected chi connectivity index (χ1v) is 6.86. The lowest BCUT2D eigenvalue weighted by Crippen LogP contribution is -2.20. The van der Waals surface area contributed by atoms with Gasteiger partial charge in [0.05, 0.1) is 25.7 Å². The summed E-state index contributed by atoms with van der Waals surface area (Å²) in [7, 11) is 0. The highest BCUT2D eigenvalue weighted by Gasteiger charge is 2.29. The first kappa shape index (κ1) is 13.3. The Morgan fingerprint density at radius 1 is 0.900 bits per heavy atom. The molecule has 0 bridgehead atoms. The fraction of sp³-hybridized carbons (Fsp3) is 0.294. The molecule has 2 aromatic rings. The average molecular weight is 270 g/mol. The van der Waals surface area contributed by atoms with Crippen LogP contribution in [0.15, 0.2) is 54.6 Å². The first-order chi connectivity index (χ1) is 9.88. The van der Waals surface area contributed by atoms with Gasteiger partial charge in [-0.2, -0.15) is 0 Å². The molecule has 0 amide bonds. The zero-order valence-corrected chi connectivity index (χ0v) is 11.2. The molecule has 2 aromatic carbocycles. The number of aliphatic hydroxyl groups is 1. The van der Waals surface area contributed by atoms with Crippen molar-refractivity contribution in [2.75, 3.05) is 13.2 Å². The van der Waals surface area contributed by atoms with Crippen molar-refractivity contribution < 1.29 is 14.6 Å². The monoisotopic (exact) mass is 270 g/mol. The van der Waals surface area contributed by atoms with Gasteiger partial charge in [-0.1, -0.05) is 54.6 Å². The van der Waals surface area contributed by atoms with Crippen molar-refractivity contribution in [1.82, 2.24) is 0 Å². The summed E-state index contributed by atoms with van der Waals surface area (Å²) in [4.78, 5) is 0. The van der Waals surface area contributed by atoms with Crippen LogP contribution in [-0.2, 0) is 16.1 Å². The molecule has 1 heterocycles. The second kappa shape index (κ2) is 6.18. The molecule has 0 spiro atoms. The first-order valence-electron chi connectivity index (χ1n) is 6.86. The summed E-state index contributed by atoms with van der Waals surface area (Å²) in [5.74, 6) is 0.0615. The van der Waals surface area contributed by atoms with Gasteiger partial charge in [0.1, 0.15) is 0 Å². The zero-order chi connectivity index (χ0) is 13.8. The average Bonchev–Trinajstić information content (AvgIpc) is 3.03. The number of hydrogen-bond donors (Lipinski definition) is 1. The second-order valence-corrected chi connectivity index (χ2v) is 4.90. The van der Waals surface area contributed by atoms with Gasteiger partial charge < -0.3 is 14.6 Å². The van der Waals surface area contributed by atoms with Gasteiger partial charge in [0.15, 0.2) is 6.29 Å². The maximum Gasteiger partial charge on any atom is 0.168 e. The third-order valence-corrected chi connectivity index (χ3v) is 3.60. The van der Waals surface area contributed by atoms with E-state index in [0.717, 1.165) is 11.1 Å². The van der Waals surface area contributed by atoms with E-state index in [1.54, 1.807) is 0 Å². The Balaban J connectivity index is 1.95. The quantitative estimate of drug-likeness (QED) is 0.928. The number of benzene rings is 2. The van der Waals surface area contributed by atoms with Gasteiger partial charge in [0.25, 0.3) is 0 Å². The molecule has 1 saturated heterocycles. The number of hydrogen-bond acceptors (Lipinski definition) is 3. The van der Waals surface area contributed by atoms with Crippen molar-refractivity contribution in [2.24, 2.45) is 0 Å². The van der Waals surface area contributed by atoms with Crippen LogP contribution in [0.1, 0.15) is 22.6 Å². The number of aliphatic hydroxyl groups excluding tert-OH is 1. The molecule has 20 heavy (non-hydrogen) atoms. The van der Waals surface area contributed by atoms with E-state index in [-0.39, 0.29) is 18.8 Å². The Bertz CT molecular complexity index is 530. The Morgan fingerprint density at radius 3 is 2.10 bits per heavy atom. The minimum absolute atomic E-state index is 0.0615. The molecule has 0 radical (unpaired) electrons. The molecule has 3 heteroatoms. The highest BCUT2D eigenvalue weighted by Crippen LogP contribution is 2.32. The summed E-state index contributed by atoms with van der Waals surface area (Å²) in [5, 5.41) is 9.15. The maximum absolute atomic E-state index is 9.15. The highest BCUT2D eigenvalue weighted by molar-refractivity contribution is 5.35. The molecule has 1 aliphatic heterocycles. The van der Waals surface area contributed by atoms with Gasteiger partial charge in [-0.25, -0.2) is 0 Å². The summed E-state index contributed by atoms with van der Waals surface area (Å²) in [6.45, 7) is 1.35. The Kier molecular flexibility index (Phi) is 4.11. The van der Waals surface area contributed by atoms with E-state index in [4.69, 9.17) is 14.6 Å². The lowest BCUT2D eigenvalue weighted by Gasteiger charge is -2.23. The maximum atomic E-state index is 9.15. The van der Waals surface area contributed by atoms with E-state index < -0.39 is 0 Å². The topological polar surface area (TPSA) is 38.7 Å². The molecule has 1 N–H and O–H groups in total. The van der Waals surface area contributed by atoms with E-state index in [2.05, 4.69) is 12.1 Å². The SMILES string of the molecule is OCc1ccc(C(c2ccccc2)C2OCCO2)cc1. The van der Waals surface area contributed by atoms with E-state index in [1.807, 2.05) is 42.5 Å². The summed E-state index contributed by atoms with van der Waals surface area (Å²) in [6, 6.07) is 18.2. The fourth-order valence-electron chi connectivity index (χ4n) is 2.57. The van der Waals surface area contributed by atoms with Crippen LogP contribution >= 0.6 is 0 Å². The minimum atomic E-state index is -0.239. The molecule has 1 atom stereocenters. The van der Waals surface area contributed by atoms with Crippen molar-refractivity contribution in [2.45, 2.75) is 18.8 Å². The Labute approximate surface area is 118 Å². The summed E-state index contributed by atoms with van der Waals surface area (Å²) in [5.41, 5.74) is 3.23. The van der Waals surface area contributed by atoms with Crippen molar-refractivity contribution >= 4 is 0 Å². The molecule has 1 aliphatic rings. The van der Waals surface area contributed by atoms with Crippen molar-refractivity contribution in [3.63, 3.8) is 0 Å². The third kappa shape index (κ3) is 2.75. The summed E-state index contributed by atoms with van der Waals surface area (Å²) < 4.78 is 11.4. The van der Waals surface area contributed by atoms with Crippen molar-refractivity contribution in [3.05, 3.63) is 71.3 Å². The molecule has 1 unspecified atom stereocenters. The Hall–Kier alpha value is -1.68. The number of ether oxygens (including phenoxy) is 2. The lowest BCUT2D eigenvalue weighted by atomic mass is 9.90. The van der Waals surface area contributed by atoms with Crippen LogP contribution < -0.4 is 0 Å².